The van der Waals surface area contributed by atoms with Crippen LogP contribution in [0.25, 0.3) is 0 Å². The summed E-state index contributed by atoms with van der Waals surface area (Å²) in [6.45, 7) is 1.38. The molecule has 4 rings (SSSR count). The molecule has 0 amide bonds. The molecule has 1 atom stereocenters. The molecule has 6 nitrogen and oxygen atoms in total. The Morgan fingerprint density at radius 3 is 2.55 bits per heavy atom. The van der Waals surface area contributed by atoms with Crippen molar-refractivity contribution in [3.63, 3.8) is 0 Å². The van der Waals surface area contributed by atoms with Crippen molar-refractivity contribution in [3.05, 3.63) is 71.0 Å². The largest absolute Gasteiger partial charge is 0.481 e. The van der Waals surface area contributed by atoms with Crippen molar-refractivity contribution in [1.29, 1.82) is 0 Å². The van der Waals surface area contributed by atoms with E-state index >= 15 is 4.39 Å². The minimum atomic E-state index is -3.61. The van der Waals surface area contributed by atoms with Crippen LogP contribution in [-0.2, 0) is 31.5 Å². The molecule has 2 aromatic rings. The number of halogens is 1. The van der Waals surface area contributed by atoms with E-state index in [1.165, 1.54) is 10.4 Å². The van der Waals surface area contributed by atoms with Crippen LogP contribution in [0.4, 0.5) is 4.39 Å². The van der Waals surface area contributed by atoms with Crippen molar-refractivity contribution in [2.24, 2.45) is 0 Å². The average Bonchev–Trinajstić information content (AvgIpc) is 2.81. The third kappa shape index (κ3) is 5.13. The van der Waals surface area contributed by atoms with E-state index in [9.17, 15) is 18.3 Å². The number of carbonyl (C=O) groups is 1. The van der Waals surface area contributed by atoms with Crippen LogP contribution < -0.4 is 0 Å². The zero-order chi connectivity index (χ0) is 23.5. The van der Waals surface area contributed by atoms with Crippen LogP contribution in [0.5, 0.6) is 0 Å². The van der Waals surface area contributed by atoms with Crippen molar-refractivity contribution >= 4 is 16.0 Å². The molecule has 0 aromatic heterocycles. The molecule has 2 saturated heterocycles. The molecule has 8 heteroatoms. The number of sulfonamides is 1. The third-order valence-corrected chi connectivity index (χ3v) is 9.30. The van der Waals surface area contributed by atoms with E-state index < -0.39 is 32.5 Å². The summed E-state index contributed by atoms with van der Waals surface area (Å²) in [7, 11) is -3.61. The molecule has 0 radical (unpaired) electrons. The molecule has 2 aliphatic rings. The van der Waals surface area contributed by atoms with Gasteiger partial charge in [-0.05, 0) is 49.3 Å². The first kappa shape index (κ1) is 23.9. The Bertz CT molecular complexity index is 1080. The SMILES string of the molecule is O=C(O)CCC1(c2ccc(CN3CCC[C@H](c4ccccc4)S3(=O)=O)c(F)c2)CCOCC1. The number of carboxylic acids is 1. The molecule has 2 fully saturated rings. The average molecular weight is 476 g/mol. The molecule has 0 saturated carbocycles. The Morgan fingerprint density at radius 2 is 1.88 bits per heavy atom. The van der Waals surface area contributed by atoms with Gasteiger partial charge in [0.15, 0.2) is 0 Å². The maximum absolute atomic E-state index is 15.2. The third-order valence-electron chi connectivity index (χ3n) is 7.04. The van der Waals surface area contributed by atoms with Crippen molar-refractivity contribution in [1.82, 2.24) is 4.31 Å². The highest BCUT2D eigenvalue weighted by Crippen LogP contribution is 2.40. The number of rotatable bonds is 7. The highest BCUT2D eigenvalue weighted by atomic mass is 32.2. The molecule has 0 spiro atoms. The minimum absolute atomic E-state index is 0.0102. The van der Waals surface area contributed by atoms with Crippen LogP contribution in [0.2, 0.25) is 0 Å². The van der Waals surface area contributed by atoms with Crippen LogP contribution in [0.3, 0.4) is 0 Å². The standard InChI is InChI=1S/C25H30FNO5S/c26-22-17-21(25(11-10-24(28)29)12-15-32-16-13-25)9-8-20(22)18-27-14-4-7-23(33(27,30)31)19-5-2-1-3-6-19/h1-3,5-6,8-9,17,23H,4,7,10-16,18H2,(H,28,29)/t23-/m1/s1. The Hall–Kier alpha value is -2.29. The van der Waals surface area contributed by atoms with E-state index in [0.717, 1.165) is 17.5 Å². The van der Waals surface area contributed by atoms with Crippen LogP contribution in [0, 0.1) is 5.82 Å². The molecular formula is C25H30FNO5S. The summed E-state index contributed by atoms with van der Waals surface area (Å²) in [5, 5.41) is 8.56. The second kappa shape index (κ2) is 9.91. The smallest absolute Gasteiger partial charge is 0.303 e. The molecule has 178 valence electrons. The molecule has 0 aliphatic carbocycles. The van der Waals surface area contributed by atoms with E-state index in [1.807, 2.05) is 36.4 Å². The number of hydrogen-bond donors (Lipinski definition) is 1. The lowest BCUT2D eigenvalue weighted by molar-refractivity contribution is -0.137. The highest BCUT2D eigenvalue weighted by Gasteiger charge is 2.38. The monoisotopic (exact) mass is 475 g/mol. The first-order valence-electron chi connectivity index (χ1n) is 11.4. The van der Waals surface area contributed by atoms with Crippen LogP contribution >= 0.6 is 0 Å². The van der Waals surface area contributed by atoms with Gasteiger partial charge in [-0.1, -0.05) is 42.5 Å². The van der Waals surface area contributed by atoms with Gasteiger partial charge in [-0.3, -0.25) is 4.79 Å². The predicted octanol–water partition coefficient (Wildman–Crippen LogP) is 4.41. The Balaban J connectivity index is 1.56. The van der Waals surface area contributed by atoms with Gasteiger partial charge in [0.05, 0.1) is 0 Å². The van der Waals surface area contributed by atoms with Crippen LogP contribution in [-0.4, -0.2) is 43.6 Å². The molecule has 0 unspecified atom stereocenters. The van der Waals surface area contributed by atoms with E-state index in [1.54, 1.807) is 6.07 Å². The number of benzene rings is 2. The van der Waals surface area contributed by atoms with Gasteiger partial charge in [-0.15, -0.1) is 0 Å². The molecular weight excluding hydrogens is 445 g/mol. The number of nitrogens with zero attached hydrogens (tertiary/aromatic N) is 1. The fraction of sp³-hybridized carbons (Fsp3) is 0.480. The zero-order valence-corrected chi connectivity index (χ0v) is 19.4. The Morgan fingerprint density at radius 1 is 1.15 bits per heavy atom. The summed E-state index contributed by atoms with van der Waals surface area (Å²) in [6.07, 6.45) is 2.98. The quantitative estimate of drug-likeness (QED) is 0.642. The van der Waals surface area contributed by atoms with Gasteiger partial charge in [0.2, 0.25) is 10.0 Å². The van der Waals surface area contributed by atoms with Crippen molar-refractivity contribution in [3.8, 4) is 0 Å². The second-order valence-electron chi connectivity index (χ2n) is 9.01. The van der Waals surface area contributed by atoms with Crippen molar-refractivity contribution < 1.29 is 27.4 Å². The van der Waals surface area contributed by atoms with Gasteiger partial charge >= 0.3 is 5.97 Å². The fourth-order valence-electron chi connectivity index (χ4n) is 5.07. The normalized spacial score (nSPS) is 22.6. The first-order chi connectivity index (χ1) is 15.8. The molecule has 0 bridgehead atoms. The lowest BCUT2D eigenvalue weighted by Gasteiger charge is -2.38. The summed E-state index contributed by atoms with van der Waals surface area (Å²) in [6, 6.07) is 14.1. The topological polar surface area (TPSA) is 83.9 Å². The van der Waals surface area contributed by atoms with Gasteiger partial charge < -0.3 is 9.84 Å². The van der Waals surface area contributed by atoms with Crippen LogP contribution in [0.1, 0.15) is 60.5 Å². The van der Waals surface area contributed by atoms with Gasteiger partial charge in [0.25, 0.3) is 0 Å². The number of hydrogen-bond acceptors (Lipinski definition) is 4. The van der Waals surface area contributed by atoms with Gasteiger partial charge in [0, 0.05) is 43.7 Å². The first-order valence-corrected chi connectivity index (χ1v) is 12.9. The van der Waals surface area contributed by atoms with Crippen LogP contribution in [0.15, 0.2) is 48.5 Å². The minimum Gasteiger partial charge on any atom is -0.481 e. The molecule has 2 heterocycles. The summed E-state index contributed by atoms with van der Waals surface area (Å²) < 4.78 is 48.6. The maximum Gasteiger partial charge on any atom is 0.303 e. The molecule has 2 aliphatic heterocycles. The summed E-state index contributed by atoms with van der Waals surface area (Å²) >= 11 is 0. The second-order valence-corrected chi connectivity index (χ2v) is 11.1. The fourth-order valence-corrected chi connectivity index (χ4v) is 7.10. The summed E-state index contributed by atoms with van der Waals surface area (Å²) in [5.74, 6) is -1.33. The zero-order valence-electron chi connectivity index (χ0n) is 18.6. The van der Waals surface area contributed by atoms with Gasteiger partial charge in [-0.25, -0.2) is 12.8 Å². The van der Waals surface area contributed by atoms with E-state index in [0.29, 0.717) is 51.0 Å². The van der Waals surface area contributed by atoms with Crippen molar-refractivity contribution in [2.45, 2.75) is 55.7 Å². The maximum atomic E-state index is 15.2. The number of aliphatic carboxylic acids is 1. The molecule has 33 heavy (non-hydrogen) atoms. The predicted molar refractivity (Wildman–Crippen MR) is 123 cm³/mol. The lowest BCUT2D eigenvalue weighted by Crippen LogP contribution is -2.39. The van der Waals surface area contributed by atoms with Gasteiger partial charge in [0.1, 0.15) is 11.1 Å². The Kier molecular flexibility index (Phi) is 7.16. The lowest BCUT2D eigenvalue weighted by atomic mass is 9.71. The van der Waals surface area contributed by atoms with Gasteiger partial charge in [-0.2, -0.15) is 4.31 Å². The molecule has 2 aromatic carbocycles. The molecule has 1 N–H and O–H groups in total. The van der Waals surface area contributed by atoms with E-state index in [-0.39, 0.29) is 13.0 Å². The Labute approximate surface area is 194 Å². The summed E-state index contributed by atoms with van der Waals surface area (Å²) in [4.78, 5) is 11.2. The highest BCUT2D eigenvalue weighted by molar-refractivity contribution is 7.89. The number of carboxylic acid groups (broad SMARTS) is 1. The van der Waals surface area contributed by atoms with Crippen molar-refractivity contribution in [2.75, 3.05) is 19.8 Å². The number of ether oxygens (including phenoxy) is 1. The summed E-state index contributed by atoms with van der Waals surface area (Å²) in [5.41, 5.74) is 1.41. The van der Waals surface area contributed by atoms with E-state index in [2.05, 4.69) is 0 Å². The van der Waals surface area contributed by atoms with E-state index in [4.69, 9.17) is 4.74 Å².